The van der Waals surface area contributed by atoms with Crippen molar-refractivity contribution in [3.63, 3.8) is 0 Å². The van der Waals surface area contributed by atoms with E-state index in [-0.39, 0.29) is 13.1 Å². The second-order valence-electron chi connectivity index (χ2n) is 7.39. The maximum absolute atomic E-state index is 13.5. The molecule has 0 aliphatic carbocycles. The van der Waals surface area contributed by atoms with Crippen LogP contribution in [0.15, 0.2) is 40.1 Å². The van der Waals surface area contributed by atoms with E-state index in [4.69, 9.17) is 5.73 Å². The van der Waals surface area contributed by atoms with Gasteiger partial charge < -0.3 is 10.6 Å². The van der Waals surface area contributed by atoms with E-state index in [0.717, 1.165) is 5.39 Å². The molecule has 0 fully saturated rings. The van der Waals surface area contributed by atoms with Gasteiger partial charge in [-0.3, -0.25) is 18.5 Å². The van der Waals surface area contributed by atoms with Crippen LogP contribution in [0, 0.1) is 11.8 Å². The molecule has 0 amide bonds. The molecule has 164 valence electrons. The molecule has 0 atom stereocenters. The van der Waals surface area contributed by atoms with Crippen molar-refractivity contribution >= 4 is 28.1 Å². The highest BCUT2D eigenvalue weighted by Gasteiger charge is 2.22. The van der Waals surface area contributed by atoms with Crippen molar-refractivity contribution < 1.29 is 0 Å². The second kappa shape index (κ2) is 8.64. The van der Waals surface area contributed by atoms with E-state index >= 15 is 0 Å². The minimum Gasteiger partial charge on any atom is -0.344 e. The van der Waals surface area contributed by atoms with Crippen molar-refractivity contribution in [2.75, 3.05) is 25.0 Å². The number of nitrogens with zero attached hydrogens (tertiary/aromatic N) is 7. The molecule has 0 saturated carbocycles. The van der Waals surface area contributed by atoms with E-state index in [1.54, 1.807) is 30.8 Å². The van der Waals surface area contributed by atoms with Crippen LogP contribution in [0.25, 0.3) is 22.2 Å². The van der Waals surface area contributed by atoms with Gasteiger partial charge in [0.25, 0.3) is 5.56 Å². The number of aryl methyl sites for hydroxylation is 1. The average molecular weight is 432 g/mol. The SMILES string of the molecule is CC#CCn1c(N(C)CCN)nc2c1c(=O)n(Cc1ccc3cccnc3n1)c(=O)n2C. The predicted molar refractivity (Wildman–Crippen MR) is 124 cm³/mol. The summed E-state index contributed by atoms with van der Waals surface area (Å²) in [4.78, 5) is 41.8. The van der Waals surface area contributed by atoms with Crippen LogP contribution in [0.1, 0.15) is 12.6 Å². The summed E-state index contributed by atoms with van der Waals surface area (Å²) in [5, 5.41) is 0.885. The van der Waals surface area contributed by atoms with Crippen molar-refractivity contribution in [1.29, 1.82) is 0 Å². The van der Waals surface area contributed by atoms with Gasteiger partial charge in [-0.05, 0) is 31.2 Å². The fourth-order valence-electron chi connectivity index (χ4n) is 3.63. The summed E-state index contributed by atoms with van der Waals surface area (Å²) in [6.45, 7) is 2.98. The Labute approximate surface area is 183 Å². The van der Waals surface area contributed by atoms with Gasteiger partial charge in [0.2, 0.25) is 5.95 Å². The summed E-state index contributed by atoms with van der Waals surface area (Å²) in [6.07, 6.45) is 1.66. The predicted octanol–water partition coefficient (Wildman–Crippen LogP) is 0.306. The quantitative estimate of drug-likeness (QED) is 0.436. The molecule has 0 bridgehead atoms. The molecule has 0 aromatic carbocycles. The molecule has 4 rings (SSSR count). The Bertz CT molecular complexity index is 1490. The summed E-state index contributed by atoms with van der Waals surface area (Å²) >= 11 is 0. The van der Waals surface area contributed by atoms with Crippen LogP contribution in [-0.2, 0) is 20.1 Å². The van der Waals surface area contributed by atoms with Gasteiger partial charge in [-0.2, -0.15) is 4.98 Å². The number of anilines is 1. The van der Waals surface area contributed by atoms with Gasteiger partial charge >= 0.3 is 5.69 Å². The lowest BCUT2D eigenvalue weighted by Crippen LogP contribution is -2.40. The molecular weight excluding hydrogens is 408 g/mol. The molecular formula is C22H24N8O2. The summed E-state index contributed by atoms with van der Waals surface area (Å²) in [5.74, 6) is 6.37. The number of pyridine rings is 2. The van der Waals surface area contributed by atoms with Crippen molar-refractivity contribution in [1.82, 2.24) is 28.7 Å². The zero-order chi connectivity index (χ0) is 22.8. The fraction of sp³-hybridized carbons (Fsp3) is 0.318. The Morgan fingerprint density at radius 3 is 2.72 bits per heavy atom. The molecule has 4 heterocycles. The molecule has 0 saturated heterocycles. The largest absolute Gasteiger partial charge is 0.344 e. The standard InChI is InChI=1S/C22H24N8O2/c1-4-5-12-29-17-19(26-21(29)27(2)13-10-23)28(3)22(32)30(20(17)31)14-16-9-8-15-7-6-11-24-18(15)25-16/h6-9,11H,10,12-14,23H2,1-3H3. The van der Waals surface area contributed by atoms with Gasteiger partial charge in [0.05, 0.1) is 18.8 Å². The maximum Gasteiger partial charge on any atom is 0.332 e. The monoisotopic (exact) mass is 432 g/mol. The van der Waals surface area contributed by atoms with Crippen molar-refractivity contribution in [3.8, 4) is 11.8 Å². The van der Waals surface area contributed by atoms with Crippen LogP contribution >= 0.6 is 0 Å². The van der Waals surface area contributed by atoms with Gasteiger partial charge in [-0.15, -0.1) is 5.92 Å². The van der Waals surface area contributed by atoms with Crippen LogP contribution in [0.4, 0.5) is 5.95 Å². The summed E-state index contributed by atoms with van der Waals surface area (Å²) in [6, 6.07) is 7.40. The highest BCUT2D eigenvalue weighted by Crippen LogP contribution is 2.18. The summed E-state index contributed by atoms with van der Waals surface area (Å²) in [5.41, 5.74) is 6.54. The molecule has 4 aromatic rings. The van der Waals surface area contributed by atoms with Gasteiger partial charge in [-0.25, -0.2) is 14.8 Å². The highest BCUT2D eigenvalue weighted by atomic mass is 16.2. The number of fused-ring (bicyclic) bond motifs is 2. The molecule has 10 heteroatoms. The van der Waals surface area contributed by atoms with Gasteiger partial charge in [-0.1, -0.05) is 5.92 Å². The number of aromatic nitrogens is 6. The molecule has 4 aromatic heterocycles. The number of rotatable bonds is 6. The first-order valence-electron chi connectivity index (χ1n) is 10.2. The summed E-state index contributed by atoms with van der Waals surface area (Å²) < 4.78 is 4.28. The van der Waals surface area contributed by atoms with Crippen molar-refractivity contribution in [2.24, 2.45) is 12.8 Å². The molecule has 2 N–H and O–H groups in total. The lowest BCUT2D eigenvalue weighted by Gasteiger charge is -2.17. The second-order valence-corrected chi connectivity index (χ2v) is 7.39. The van der Waals surface area contributed by atoms with E-state index in [1.165, 1.54) is 9.13 Å². The minimum atomic E-state index is -0.468. The van der Waals surface area contributed by atoms with E-state index in [0.29, 0.717) is 41.5 Å². The number of hydrogen-bond acceptors (Lipinski definition) is 7. The highest BCUT2D eigenvalue weighted by molar-refractivity contribution is 5.75. The van der Waals surface area contributed by atoms with Crippen LogP contribution in [-0.4, -0.2) is 48.8 Å². The minimum absolute atomic E-state index is 0.0204. The number of imidazole rings is 1. The Balaban J connectivity index is 1.92. The van der Waals surface area contributed by atoms with Crippen LogP contribution in [0.3, 0.4) is 0 Å². The zero-order valence-electron chi connectivity index (χ0n) is 18.2. The Hall–Kier alpha value is -3.97. The molecule has 0 spiro atoms. The zero-order valence-corrected chi connectivity index (χ0v) is 18.2. The van der Waals surface area contributed by atoms with Crippen molar-refractivity contribution in [2.45, 2.75) is 20.0 Å². The lowest BCUT2D eigenvalue weighted by atomic mass is 10.2. The molecule has 32 heavy (non-hydrogen) atoms. The lowest BCUT2D eigenvalue weighted by molar-refractivity contribution is 0.645. The maximum atomic E-state index is 13.5. The first-order chi connectivity index (χ1) is 15.5. The Morgan fingerprint density at radius 2 is 1.97 bits per heavy atom. The van der Waals surface area contributed by atoms with E-state index < -0.39 is 11.2 Å². The Kier molecular flexibility index (Phi) is 5.75. The average Bonchev–Trinajstić information content (AvgIpc) is 3.19. The smallest absolute Gasteiger partial charge is 0.332 e. The third-order valence-corrected chi connectivity index (χ3v) is 5.27. The Morgan fingerprint density at radius 1 is 1.16 bits per heavy atom. The van der Waals surface area contributed by atoms with E-state index in [1.807, 2.05) is 30.1 Å². The van der Waals surface area contributed by atoms with Gasteiger partial charge in [0.1, 0.15) is 0 Å². The number of likely N-dealkylation sites (N-methyl/N-ethyl adjacent to an activating group) is 1. The van der Waals surface area contributed by atoms with Gasteiger partial charge in [0, 0.05) is 38.8 Å². The normalized spacial score (nSPS) is 11.0. The van der Waals surface area contributed by atoms with Crippen LogP contribution in [0.5, 0.6) is 0 Å². The number of hydrogen-bond donors (Lipinski definition) is 1. The van der Waals surface area contributed by atoms with E-state index in [9.17, 15) is 9.59 Å². The molecule has 0 radical (unpaired) electrons. The van der Waals surface area contributed by atoms with Crippen LogP contribution < -0.4 is 21.9 Å². The topological polar surface area (TPSA) is 117 Å². The molecule has 0 unspecified atom stereocenters. The molecule has 10 nitrogen and oxygen atoms in total. The summed E-state index contributed by atoms with van der Waals surface area (Å²) in [7, 11) is 3.44. The van der Waals surface area contributed by atoms with Crippen LogP contribution in [0.2, 0.25) is 0 Å². The van der Waals surface area contributed by atoms with Crippen molar-refractivity contribution in [3.05, 3.63) is 57.0 Å². The third-order valence-electron chi connectivity index (χ3n) is 5.27. The molecule has 0 aliphatic rings. The number of nitrogens with two attached hydrogens (primary N) is 1. The molecule has 0 aliphatic heterocycles. The van der Waals surface area contributed by atoms with E-state index in [2.05, 4.69) is 26.8 Å². The first kappa shape index (κ1) is 21.3. The fourth-order valence-corrected chi connectivity index (χ4v) is 3.63. The van der Waals surface area contributed by atoms with Gasteiger partial charge in [0.15, 0.2) is 16.8 Å². The first-order valence-corrected chi connectivity index (χ1v) is 10.2. The third kappa shape index (κ3) is 3.63.